The van der Waals surface area contributed by atoms with E-state index in [2.05, 4.69) is 11.4 Å². The lowest BCUT2D eigenvalue weighted by atomic mass is 9.81. The molecular formula is C19H23N3O2. The van der Waals surface area contributed by atoms with Gasteiger partial charge in [-0.25, -0.2) is 0 Å². The van der Waals surface area contributed by atoms with Crippen molar-refractivity contribution in [3.05, 3.63) is 29.8 Å². The van der Waals surface area contributed by atoms with E-state index in [0.717, 1.165) is 51.6 Å². The van der Waals surface area contributed by atoms with Gasteiger partial charge in [0.15, 0.2) is 0 Å². The summed E-state index contributed by atoms with van der Waals surface area (Å²) >= 11 is 0. The van der Waals surface area contributed by atoms with Gasteiger partial charge in [0.25, 0.3) is 0 Å². The van der Waals surface area contributed by atoms with E-state index in [4.69, 9.17) is 5.26 Å². The van der Waals surface area contributed by atoms with Crippen molar-refractivity contribution < 1.29 is 9.59 Å². The quantitative estimate of drug-likeness (QED) is 0.928. The molecule has 0 radical (unpaired) electrons. The highest BCUT2D eigenvalue weighted by atomic mass is 16.2. The lowest BCUT2D eigenvalue weighted by Gasteiger charge is -2.29. The van der Waals surface area contributed by atoms with Crippen molar-refractivity contribution in [1.82, 2.24) is 4.90 Å². The molecule has 0 bridgehead atoms. The summed E-state index contributed by atoms with van der Waals surface area (Å²) in [5, 5.41) is 11.7. The minimum atomic E-state index is -0.0247. The molecule has 2 fully saturated rings. The number of nitriles is 1. The zero-order valence-electron chi connectivity index (χ0n) is 13.8. The van der Waals surface area contributed by atoms with Crippen LogP contribution in [-0.4, -0.2) is 29.8 Å². The first kappa shape index (κ1) is 16.5. The molecule has 0 unspecified atom stereocenters. The van der Waals surface area contributed by atoms with Crippen LogP contribution in [0.15, 0.2) is 24.3 Å². The Labute approximate surface area is 142 Å². The molecule has 0 spiro atoms. The highest BCUT2D eigenvalue weighted by Crippen LogP contribution is 2.31. The van der Waals surface area contributed by atoms with Crippen LogP contribution in [0, 0.1) is 23.2 Å². The van der Waals surface area contributed by atoms with Gasteiger partial charge < -0.3 is 10.2 Å². The number of rotatable bonds is 3. The summed E-state index contributed by atoms with van der Waals surface area (Å²) in [7, 11) is 0. The fourth-order valence-electron chi connectivity index (χ4n) is 3.67. The molecule has 0 aromatic heterocycles. The average Bonchev–Trinajstić information content (AvgIpc) is 3.16. The van der Waals surface area contributed by atoms with Gasteiger partial charge in [0.05, 0.1) is 11.6 Å². The van der Waals surface area contributed by atoms with E-state index in [-0.39, 0.29) is 17.7 Å². The van der Waals surface area contributed by atoms with E-state index in [1.165, 1.54) is 0 Å². The third-order valence-electron chi connectivity index (χ3n) is 5.15. The monoisotopic (exact) mass is 325 g/mol. The van der Waals surface area contributed by atoms with Crippen LogP contribution in [-0.2, 0) is 9.59 Å². The second-order valence-electron chi connectivity index (χ2n) is 6.76. The van der Waals surface area contributed by atoms with E-state index in [1.54, 1.807) is 24.3 Å². The van der Waals surface area contributed by atoms with Gasteiger partial charge in [-0.2, -0.15) is 5.26 Å². The molecule has 1 heterocycles. The molecular weight excluding hydrogens is 302 g/mol. The highest BCUT2D eigenvalue weighted by molar-refractivity contribution is 5.92. The number of hydrogen-bond acceptors (Lipinski definition) is 3. The van der Waals surface area contributed by atoms with Crippen LogP contribution in [0.1, 0.15) is 44.1 Å². The van der Waals surface area contributed by atoms with Gasteiger partial charge in [0.2, 0.25) is 11.8 Å². The van der Waals surface area contributed by atoms with Crippen LogP contribution >= 0.6 is 0 Å². The Kier molecular flexibility index (Phi) is 5.14. The van der Waals surface area contributed by atoms with Crippen LogP contribution in [0.2, 0.25) is 0 Å². The standard InChI is InChI=1S/C19H23N3O2/c20-13-14-3-9-17(10-4-14)21-18(23)15-5-7-16(8-6-15)19(24)22-11-1-2-12-22/h3-4,9-10,15-16H,1-2,5-8,11-12H2,(H,21,23). The van der Waals surface area contributed by atoms with E-state index in [1.807, 2.05) is 4.90 Å². The predicted molar refractivity (Wildman–Crippen MR) is 91.0 cm³/mol. The number of nitrogens with zero attached hydrogens (tertiary/aromatic N) is 2. The molecule has 1 saturated heterocycles. The number of amides is 2. The number of carbonyl (C=O) groups excluding carboxylic acids is 2. The summed E-state index contributed by atoms with van der Waals surface area (Å²) < 4.78 is 0. The van der Waals surface area contributed by atoms with Gasteiger partial charge in [0, 0.05) is 30.6 Å². The molecule has 1 N–H and O–H groups in total. The topological polar surface area (TPSA) is 73.2 Å². The summed E-state index contributed by atoms with van der Waals surface area (Å²) in [6, 6.07) is 8.95. The molecule has 2 aliphatic rings. The zero-order valence-corrected chi connectivity index (χ0v) is 13.8. The third kappa shape index (κ3) is 3.76. The van der Waals surface area contributed by atoms with Gasteiger partial charge in [-0.05, 0) is 62.8 Å². The van der Waals surface area contributed by atoms with E-state index >= 15 is 0 Å². The van der Waals surface area contributed by atoms with Crippen molar-refractivity contribution in [2.45, 2.75) is 38.5 Å². The van der Waals surface area contributed by atoms with Crippen molar-refractivity contribution in [2.75, 3.05) is 18.4 Å². The molecule has 1 aromatic rings. The van der Waals surface area contributed by atoms with Crippen LogP contribution in [0.4, 0.5) is 5.69 Å². The van der Waals surface area contributed by atoms with E-state index in [9.17, 15) is 9.59 Å². The highest BCUT2D eigenvalue weighted by Gasteiger charge is 2.32. The Morgan fingerprint density at radius 2 is 1.58 bits per heavy atom. The summed E-state index contributed by atoms with van der Waals surface area (Å²) in [5.41, 5.74) is 1.29. The normalized spacial score (nSPS) is 23.5. The largest absolute Gasteiger partial charge is 0.342 e. The molecule has 1 aliphatic carbocycles. The first-order valence-corrected chi connectivity index (χ1v) is 8.77. The maximum absolute atomic E-state index is 12.4. The van der Waals surface area contributed by atoms with Crippen LogP contribution in [0.3, 0.4) is 0 Å². The van der Waals surface area contributed by atoms with Crippen LogP contribution < -0.4 is 5.32 Å². The SMILES string of the molecule is N#Cc1ccc(NC(=O)C2CCC(C(=O)N3CCCC3)CC2)cc1. The second-order valence-corrected chi connectivity index (χ2v) is 6.76. The number of hydrogen-bond donors (Lipinski definition) is 1. The molecule has 0 atom stereocenters. The van der Waals surface area contributed by atoms with Gasteiger partial charge in [-0.3, -0.25) is 9.59 Å². The number of anilines is 1. The maximum atomic E-state index is 12.4. The van der Waals surface area contributed by atoms with E-state index < -0.39 is 0 Å². The Morgan fingerprint density at radius 1 is 1.00 bits per heavy atom. The lowest BCUT2D eigenvalue weighted by Crippen LogP contribution is -2.37. The van der Waals surface area contributed by atoms with Gasteiger partial charge in [-0.1, -0.05) is 0 Å². The van der Waals surface area contributed by atoms with Gasteiger partial charge in [0.1, 0.15) is 0 Å². The van der Waals surface area contributed by atoms with Crippen molar-refractivity contribution in [3.8, 4) is 6.07 Å². The molecule has 1 aromatic carbocycles. The van der Waals surface area contributed by atoms with E-state index in [0.29, 0.717) is 17.2 Å². The molecule has 5 heteroatoms. The van der Waals surface area contributed by atoms with Crippen molar-refractivity contribution >= 4 is 17.5 Å². The van der Waals surface area contributed by atoms with Crippen molar-refractivity contribution in [1.29, 1.82) is 5.26 Å². The first-order chi connectivity index (χ1) is 11.7. The van der Waals surface area contributed by atoms with Gasteiger partial charge in [-0.15, -0.1) is 0 Å². The van der Waals surface area contributed by atoms with Crippen LogP contribution in [0.5, 0.6) is 0 Å². The minimum absolute atomic E-state index is 0.0202. The third-order valence-corrected chi connectivity index (χ3v) is 5.15. The molecule has 1 saturated carbocycles. The number of likely N-dealkylation sites (tertiary alicyclic amines) is 1. The lowest BCUT2D eigenvalue weighted by molar-refractivity contribution is -0.136. The second kappa shape index (κ2) is 7.48. The number of carbonyl (C=O) groups is 2. The minimum Gasteiger partial charge on any atom is -0.342 e. The number of nitrogens with one attached hydrogen (secondary N) is 1. The predicted octanol–water partition coefficient (Wildman–Crippen LogP) is 2.93. The van der Waals surface area contributed by atoms with Crippen molar-refractivity contribution in [2.24, 2.45) is 11.8 Å². The first-order valence-electron chi connectivity index (χ1n) is 8.77. The molecule has 3 rings (SSSR count). The summed E-state index contributed by atoms with van der Waals surface area (Å²) in [6.45, 7) is 1.80. The Bertz CT molecular complexity index is 634. The molecule has 126 valence electrons. The van der Waals surface area contributed by atoms with Crippen LogP contribution in [0.25, 0.3) is 0 Å². The summed E-state index contributed by atoms with van der Waals surface area (Å²) in [6.07, 6.45) is 5.39. The summed E-state index contributed by atoms with van der Waals surface area (Å²) in [5.74, 6) is 0.385. The number of benzene rings is 1. The molecule has 5 nitrogen and oxygen atoms in total. The maximum Gasteiger partial charge on any atom is 0.227 e. The smallest absolute Gasteiger partial charge is 0.227 e. The van der Waals surface area contributed by atoms with Crippen molar-refractivity contribution in [3.63, 3.8) is 0 Å². The zero-order chi connectivity index (χ0) is 16.9. The Hall–Kier alpha value is -2.35. The Balaban J connectivity index is 1.49. The summed E-state index contributed by atoms with van der Waals surface area (Å²) in [4.78, 5) is 26.8. The fraction of sp³-hybridized carbons (Fsp3) is 0.526. The molecule has 1 aliphatic heterocycles. The molecule has 24 heavy (non-hydrogen) atoms. The molecule has 2 amide bonds. The Morgan fingerprint density at radius 3 is 2.17 bits per heavy atom. The fourth-order valence-corrected chi connectivity index (χ4v) is 3.67. The average molecular weight is 325 g/mol. The van der Waals surface area contributed by atoms with Gasteiger partial charge >= 0.3 is 0 Å².